The van der Waals surface area contributed by atoms with Crippen molar-refractivity contribution in [3.63, 3.8) is 0 Å². The highest BCUT2D eigenvalue weighted by Gasteiger charge is 2.45. The molecular formula is C28H35FN6O3S. The third-order valence-electron chi connectivity index (χ3n) is 6.50. The first-order valence-corrected chi connectivity index (χ1v) is 13.8. The first kappa shape index (κ1) is 29.8. The van der Waals surface area contributed by atoms with Crippen LogP contribution in [0.3, 0.4) is 0 Å². The molecule has 0 unspecified atom stereocenters. The molecule has 1 aliphatic rings. The summed E-state index contributed by atoms with van der Waals surface area (Å²) in [5.74, 6) is -1.91. The summed E-state index contributed by atoms with van der Waals surface area (Å²) in [6.07, 6.45) is 0.759. The number of nitrogens with one attached hydrogen (secondary N) is 2. The Bertz CT molecular complexity index is 1200. The third-order valence-corrected chi connectivity index (χ3v) is 8.01. The zero-order valence-corrected chi connectivity index (χ0v) is 23.5. The summed E-state index contributed by atoms with van der Waals surface area (Å²) in [7, 11) is 3.45. The van der Waals surface area contributed by atoms with Crippen LogP contribution in [0.1, 0.15) is 20.3 Å². The second-order valence-corrected chi connectivity index (χ2v) is 10.6. The molecule has 3 atom stereocenters. The largest absolute Gasteiger partial charge is 0.383 e. The van der Waals surface area contributed by atoms with Crippen LogP contribution in [0.5, 0.6) is 0 Å². The van der Waals surface area contributed by atoms with Crippen molar-refractivity contribution in [3.05, 3.63) is 54.3 Å². The third kappa shape index (κ3) is 7.41. The van der Waals surface area contributed by atoms with Crippen LogP contribution in [0, 0.1) is 23.1 Å². The zero-order chi connectivity index (χ0) is 28.5. The van der Waals surface area contributed by atoms with Gasteiger partial charge in [0, 0.05) is 50.8 Å². The second kappa shape index (κ2) is 13.8. The Morgan fingerprint density at radius 3 is 2.51 bits per heavy atom. The monoisotopic (exact) mass is 554 g/mol. The standard InChI is InChI=1S/C28H35FN6O3S/c1-5-14-31-26(37)23(16-30)28-35(6-2)27(38)24(39-28)17-32-20-8-7-9-22(15-20)34(4)25(36)18-33(3)21-12-10-19(29)11-13-21/h7-13,15,23-24,28,32H,5-6,14,17-18H2,1-4H3,(H,31,37)/t23-,24-,28+/m1/s1. The van der Waals surface area contributed by atoms with Crippen molar-refractivity contribution in [2.45, 2.75) is 30.9 Å². The Hall–Kier alpha value is -3.78. The molecule has 2 aromatic carbocycles. The Morgan fingerprint density at radius 2 is 1.87 bits per heavy atom. The summed E-state index contributed by atoms with van der Waals surface area (Å²) in [4.78, 5) is 43.4. The number of hydrogen-bond acceptors (Lipinski definition) is 7. The smallest absolute Gasteiger partial charge is 0.246 e. The molecule has 208 valence electrons. The van der Waals surface area contributed by atoms with Crippen LogP contribution in [0.4, 0.5) is 21.5 Å². The van der Waals surface area contributed by atoms with Crippen molar-refractivity contribution in [1.82, 2.24) is 10.2 Å². The molecule has 1 aliphatic heterocycles. The van der Waals surface area contributed by atoms with Crippen LogP contribution < -0.4 is 20.4 Å². The highest BCUT2D eigenvalue weighted by Crippen LogP contribution is 2.36. The maximum Gasteiger partial charge on any atom is 0.246 e. The van der Waals surface area contributed by atoms with Gasteiger partial charge < -0.3 is 25.3 Å². The van der Waals surface area contributed by atoms with Gasteiger partial charge in [0.1, 0.15) is 16.4 Å². The van der Waals surface area contributed by atoms with Gasteiger partial charge in [-0.2, -0.15) is 5.26 Å². The molecule has 0 radical (unpaired) electrons. The molecule has 9 nitrogen and oxygen atoms in total. The van der Waals surface area contributed by atoms with Gasteiger partial charge in [-0.15, -0.1) is 11.8 Å². The van der Waals surface area contributed by atoms with Crippen LogP contribution in [0.15, 0.2) is 48.5 Å². The molecule has 0 aliphatic carbocycles. The molecule has 2 N–H and O–H groups in total. The maximum atomic E-state index is 13.2. The van der Waals surface area contributed by atoms with E-state index in [2.05, 4.69) is 16.7 Å². The Kier molecular flexibility index (Phi) is 10.6. The quantitative estimate of drug-likeness (QED) is 0.415. The Morgan fingerprint density at radius 1 is 1.15 bits per heavy atom. The molecule has 0 aromatic heterocycles. The van der Waals surface area contributed by atoms with E-state index in [-0.39, 0.29) is 30.1 Å². The number of anilines is 3. The van der Waals surface area contributed by atoms with Crippen LogP contribution in [0.25, 0.3) is 0 Å². The van der Waals surface area contributed by atoms with Gasteiger partial charge in [0.05, 0.1) is 12.6 Å². The molecule has 0 bridgehead atoms. The number of nitriles is 1. The van der Waals surface area contributed by atoms with Crippen LogP contribution in [-0.2, 0) is 14.4 Å². The van der Waals surface area contributed by atoms with Gasteiger partial charge in [-0.3, -0.25) is 14.4 Å². The molecule has 11 heteroatoms. The van der Waals surface area contributed by atoms with Crippen LogP contribution >= 0.6 is 11.8 Å². The lowest BCUT2D eigenvalue weighted by atomic mass is 10.1. The average Bonchev–Trinajstić information content (AvgIpc) is 3.25. The maximum absolute atomic E-state index is 13.2. The van der Waals surface area contributed by atoms with Gasteiger partial charge in [0.25, 0.3) is 0 Å². The van der Waals surface area contributed by atoms with E-state index in [4.69, 9.17) is 0 Å². The minimum Gasteiger partial charge on any atom is -0.383 e. The second-order valence-electron chi connectivity index (χ2n) is 9.25. The van der Waals surface area contributed by atoms with Gasteiger partial charge in [0.2, 0.25) is 17.7 Å². The van der Waals surface area contributed by atoms with Crippen LogP contribution in [0.2, 0.25) is 0 Å². The fraction of sp³-hybridized carbons (Fsp3) is 0.429. The predicted molar refractivity (Wildman–Crippen MR) is 153 cm³/mol. The molecule has 1 fully saturated rings. The summed E-state index contributed by atoms with van der Waals surface area (Å²) in [5.41, 5.74) is 2.14. The number of carbonyl (C=O) groups is 3. The lowest BCUT2D eigenvalue weighted by Crippen LogP contribution is -2.44. The minimum absolute atomic E-state index is 0.104. The molecule has 3 rings (SSSR count). The predicted octanol–water partition coefficient (Wildman–Crippen LogP) is 3.29. The first-order valence-electron chi connectivity index (χ1n) is 12.9. The zero-order valence-electron chi connectivity index (χ0n) is 22.7. The molecule has 3 amide bonds. The SMILES string of the molecule is CCCNC(=O)[C@@H](C#N)[C@@H]1S[C@H](CNc2cccc(N(C)C(=O)CN(C)c3ccc(F)cc3)c2)C(=O)N1CC. The number of amides is 3. The molecule has 2 aromatic rings. The molecule has 0 spiro atoms. The Labute approximate surface area is 233 Å². The van der Waals surface area contributed by atoms with E-state index in [0.717, 1.165) is 17.8 Å². The van der Waals surface area contributed by atoms with E-state index in [1.807, 2.05) is 38.1 Å². The fourth-order valence-electron chi connectivity index (χ4n) is 4.22. The van der Waals surface area contributed by atoms with Crippen molar-refractivity contribution >= 4 is 46.5 Å². The van der Waals surface area contributed by atoms with E-state index in [9.17, 15) is 24.0 Å². The van der Waals surface area contributed by atoms with Crippen molar-refractivity contribution in [3.8, 4) is 6.07 Å². The van der Waals surface area contributed by atoms with Gasteiger partial charge in [-0.05, 0) is 55.8 Å². The summed E-state index contributed by atoms with van der Waals surface area (Å²) >= 11 is 1.32. The van der Waals surface area contributed by atoms with E-state index in [1.165, 1.54) is 23.9 Å². The first-order chi connectivity index (χ1) is 18.7. The average molecular weight is 555 g/mol. The number of rotatable bonds is 12. The van der Waals surface area contributed by atoms with E-state index < -0.39 is 16.5 Å². The van der Waals surface area contributed by atoms with Crippen LogP contribution in [-0.4, -0.2) is 73.5 Å². The van der Waals surface area contributed by atoms with E-state index in [0.29, 0.717) is 25.3 Å². The summed E-state index contributed by atoms with van der Waals surface area (Å²) < 4.78 is 13.2. The summed E-state index contributed by atoms with van der Waals surface area (Å²) in [6.45, 7) is 5.07. The van der Waals surface area contributed by atoms with Crippen molar-refractivity contribution in [1.29, 1.82) is 5.26 Å². The number of hydrogen-bond donors (Lipinski definition) is 2. The molecule has 0 saturated carbocycles. The fourth-order valence-corrected chi connectivity index (χ4v) is 5.73. The molecule has 1 heterocycles. The molecule has 1 saturated heterocycles. The number of thioether (sulfide) groups is 1. The van der Waals surface area contributed by atoms with Crippen molar-refractivity contribution in [2.75, 3.05) is 55.4 Å². The van der Waals surface area contributed by atoms with E-state index in [1.54, 1.807) is 40.9 Å². The Balaban J connectivity index is 1.62. The lowest BCUT2D eigenvalue weighted by Gasteiger charge is -2.25. The lowest BCUT2D eigenvalue weighted by molar-refractivity contribution is -0.131. The van der Waals surface area contributed by atoms with Gasteiger partial charge in [0.15, 0.2) is 5.92 Å². The highest BCUT2D eigenvalue weighted by atomic mass is 32.2. The number of likely N-dealkylation sites (N-methyl/N-ethyl adjacent to an activating group) is 2. The van der Waals surface area contributed by atoms with Gasteiger partial charge in [-0.25, -0.2) is 4.39 Å². The normalized spacial score (nSPS) is 17.3. The summed E-state index contributed by atoms with van der Waals surface area (Å²) in [5, 5.41) is 14.7. The van der Waals surface area contributed by atoms with E-state index >= 15 is 0 Å². The number of nitrogens with zero attached hydrogens (tertiary/aromatic N) is 4. The van der Waals surface area contributed by atoms with Gasteiger partial charge in [-0.1, -0.05) is 13.0 Å². The molecule has 39 heavy (non-hydrogen) atoms. The summed E-state index contributed by atoms with van der Waals surface area (Å²) in [6, 6.07) is 15.3. The van der Waals surface area contributed by atoms with Gasteiger partial charge >= 0.3 is 0 Å². The number of halogens is 1. The highest BCUT2D eigenvalue weighted by molar-refractivity contribution is 8.01. The van der Waals surface area contributed by atoms with Crippen molar-refractivity contribution in [2.24, 2.45) is 5.92 Å². The number of benzene rings is 2. The van der Waals surface area contributed by atoms with Crippen molar-refractivity contribution < 1.29 is 18.8 Å². The minimum atomic E-state index is -0.952. The number of carbonyl (C=O) groups excluding carboxylic acids is 3. The molecular weight excluding hydrogens is 519 g/mol. The topological polar surface area (TPSA) is 109 Å².